The van der Waals surface area contributed by atoms with Crippen LogP contribution in [-0.4, -0.2) is 4.57 Å². The van der Waals surface area contributed by atoms with Crippen molar-refractivity contribution in [2.24, 2.45) is 0 Å². The first-order chi connectivity index (χ1) is 25.5. The predicted octanol–water partition coefficient (Wildman–Crippen LogP) is 13.7. The lowest BCUT2D eigenvalue weighted by Crippen LogP contribution is -2.15. The van der Waals surface area contributed by atoms with E-state index < -0.39 is 0 Å². The molecule has 14 bridgehead atoms. The Balaban J connectivity index is 1.20. The first kappa shape index (κ1) is 29.3. The third-order valence-corrected chi connectivity index (χ3v) is 11.7. The highest BCUT2D eigenvalue weighted by Crippen LogP contribution is 2.51. The summed E-state index contributed by atoms with van der Waals surface area (Å²) in [4.78, 5) is 0. The Morgan fingerprint density at radius 2 is 0.692 bits per heavy atom. The minimum absolute atomic E-state index is 0.130. The van der Waals surface area contributed by atoms with E-state index in [0.29, 0.717) is 0 Å². The predicted molar refractivity (Wildman–Crippen MR) is 219 cm³/mol. The lowest BCUT2D eigenvalue weighted by Gasteiger charge is -2.23. The molecule has 0 unspecified atom stereocenters. The minimum Gasteiger partial charge on any atom is -0.309 e. The van der Waals surface area contributed by atoms with Crippen LogP contribution in [0.25, 0.3) is 94.3 Å². The topological polar surface area (TPSA) is 4.93 Å². The van der Waals surface area contributed by atoms with Crippen LogP contribution in [-0.2, 0) is 5.41 Å². The second kappa shape index (κ2) is 10.8. The largest absolute Gasteiger partial charge is 0.309 e. The van der Waals surface area contributed by atoms with Crippen molar-refractivity contribution < 1.29 is 0 Å². The SMILES string of the molecule is CC1(C)c2cc3ccc2-c2ccc(cc21)-c1ccc2c(c1)c1cc(ccc1n2-c1ccccc1)-c1cccc(c1)-c1cccc(c1)-c1cccc-3c1. The maximum atomic E-state index is 2.45. The van der Waals surface area contributed by atoms with E-state index in [0.717, 1.165) is 0 Å². The zero-order valence-corrected chi connectivity index (χ0v) is 29.2. The summed E-state index contributed by atoms with van der Waals surface area (Å²) in [5.41, 5.74) is 21.2. The molecule has 1 heterocycles. The molecule has 0 aliphatic heterocycles. The van der Waals surface area contributed by atoms with E-state index in [1.165, 1.54) is 105 Å². The Bertz CT molecular complexity index is 2920. The van der Waals surface area contributed by atoms with E-state index in [9.17, 15) is 0 Å². The van der Waals surface area contributed by atoms with Gasteiger partial charge in [0.2, 0.25) is 0 Å². The Morgan fingerprint density at radius 1 is 0.327 bits per heavy atom. The first-order valence-corrected chi connectivity index (χ1v) is 18.2. The van der Waals surface area contributed by atoms with Gasteiger partial charge in [-0.25, -0.2) is 0 Å². The molecule has 0 N–H and O–H groups in total. The van der Waals surface area contributed by atoms with Gasteiger partial charge in [-0.05, 0) is 145 Å². The lowest BCUT2D eigenvalue weighted by atomic mass is 9.80. The summed E-state index contributed by atoms with van der Waals surface area (Å²) < 4.78 is 2.41. The Morgan fingerprint density at radius 3 is 1.12 bits per heavy atom. The van der Waals surface area contributed by atoms with Crippen LogP contribution >= 0.6 is 0 Å². The van der Waals surface area contributed by atoms with Crippen molar-refractivity contribution in [3.8, 4) is 72.4 Å². The van der Waals surface area contributed by atoms with Crippen molar-refractivity contribution in [2.45, 2.75) is 19.3 Å². The molecule has 244 valence electrons. The van der Waals surface area contributed by atoms with Gasteiger partial charge in [-0.3, -0.25) is 0 Å². The number of nitrogens with zero attached hydrogens (tertiary/aromatic N) is 1. The molecular formula is C51H35N. The highest BCUT2D eigenvalue weighted by molar-refractivity contribution is 6.11. The molecule has 0 spiro atoms. The fourth-order valence-electron chi connectivity index (χ4n) is 8.97. The molecule has 1 nitrogen and oxygen atoms in total. The van der Waals surface area contributed by atoms with E-state index in [1.807, 2.05) is 0 Å². The second-order valence-electron chi connectivity index (χ2n) is 15.0. The summed E-state index contributed by atoms with van der Waals surface area (Å²) in [6.07, 6.45) is 0. The Kier molecular flexibility index (Phi) is 6.08. The molecule has 1 aromatic heterocycles. The fraction of sp³-hybridized carbons (Fsp3) is 0.0588. The maximum absolute atomic E-state index is 2.45. The monoisotopic (exact) mass is 661 g/mol. The molecule has 9 aromatic rings. The molecule has 0 atom stereocenters. The van der Waals surface area contributed by atoms with Gasteiger partial charge in [-0.1, -0.05) is 123 Å². The molecule has 0 saturated carbocycles. The van der Waals surface area contributed by atoms with E-state index in [4.69, 9.17) is 0 Å². The van der Waals surface area contributed by atoms with Crippen LogP contribution < -0.4 is 0 Å². The van der Waals surface area contributed by atoms with Crippen LogP contribution in [0.15, 0.2) is 176 Å². The van der Waals surface area contributed by atoms with Gasteiger partial charge >= 0.3 is 0 Å². The van der Waals surface area contributed by atoms with Gasteiger partial charge in [0.25, 0.3) is 0 Å². The van der Waals surface area contributed by atoms with Crippen LogP contribution in [0.5, 0.6) is 0 Å². The van der Waals surface area contributed by atoms with Gasteiger partial charge in [-0.15, -0.1) is 0 Å². The average molecular weight is 662 g/mol. The van der Waals surface area contributed by atoms with Crippen LogP contribution in [0.2, 0.25) is 0 Å². The average Bonchev–Trinajstić information content (AvgIpc) is 3.65. The third-order valence-electron chi connectivity index (χ3n) is 11.7. The van der Waals surface area contributed by atoms with Crippen molar-refractivity contribution in [3.63, 3.8) is 0 Å². The number of para-hydroxylation sites is 1. The van der Waals surface area contributed by atoms with Gasteiger partial charge in [0.15, 0.2) is 0 Å². The van der Waals surface area contributed by atoms with Crippen LogP contribution in [0, 0.1) is 0 Å². The highest BCUT2D eigenvalue weighted by Gasteiger charge is 2.36. The zero-order chi connectivity index (χ0) is 34.6. The number of benzene rings is 8. The number of rotatable bonds is 1. The molecule has 0 saturated heterocycles. The van der Waals surface area contributed by atoms with Crippen LogP contribution in [0.1, 0.15) is 25.0 Å². The maximum Gasteiger partial charge on any atom is 0.0541 e. The highest BCUT2D eigenvalue weighted by atomic mass is 15.0. The molecule has 0 amide bonds. The minimum atomic E-state index is -0.130. The van der Waals surface area contributed by atoms with E-state index in [2.05, 4.69) is 194 Å². The number of hydrogen-bond donors (Lipinski definition) is 0. The summed E-state index contributed by atoms with van der Waals surface area (Å²) in [6, 6.07) is 66.0. The normalized spacial score (nSPS) is 13.3. The van der Waals surface area contributed by atoms with Crippen molar-refractivity contribution >= 4 is 21.8 Å². The molecule has 52 heavy (non-hydrogen) atoms. The smallest absolute Gasteiger partial charge is 0.0541 e. The molecular weight excluding hydrogens is 627 g/mol. The second-order valence-corrected chi connectivity index (χ2v) is 15.0. The summed E-state index contributed by atoms with van der Waals surface area (Å²) in [5.74, 6) is 0. The van der Waals surface area contributed by atoms with Gasteiger partial charge in [0, 0.05) is 21.9 Å². The van der Waals surface area contributed by atoms with Gasteiger partial charge in [-0.2, -0.15) is 0 Å². The Labute approximate surface area is 304 Å². The summed E-state index contributed by atoms with van der Waals surface area (Å²) in [5, 5.41) is 2.52. The van der Waals surface area contributed by atoms with Crippen molar-refractivity contribution in [1.29, 1.82) is 0 Å². The fourth-order valence-corrected chi connectivity index (χ4v) is 8.97. The van der Waals surface area contributed by atoms with E-state index in [-0.39, 0.29) is 5.41 Å². The van der Waals surface area contributed by atoms with Gasteiger partial charge < -0.3 is 4.57 Å². The van der Waals surface area contributed by atoms with Crippen molar-refractivity contribution in [3.05, 3.63) is 187 Å². The Hall–Kier alpha value is -6.44. The summed E-state index contributed by atoms with van der Waals surface area (Å²) in [7, 11) is 0. The first-order valence-electron chi connectivity index (χ1n) is 18.2. The third kappa shape index (κ3) is 4.29. The van der Waals surface area contributed by atoms with Crippen molar-refractivity contribution in [1.82, 2.24) is 4.57 Å². The van der Waals surface area contributed by atoms with Crippen molar-refractivity contribution in [2.75, 3.05) is 0 Å². The standard InChI is InChI=1S/C51H35N/c1-51(2)47-30-40-17-21-43(47)44-22-18-41(31-48(44)51)39-20-24-50-46(29-39)45-28-38(19-23-49(45)52(50)42-15-4-3-5-16-42)36-13-7-11-34(26-36)32-9-6-10-33(25-32)35-12-8-14-37(40)27-35/h3-31H,1-2H3. The lowest BCUT2D eigenvalue weighted by molar-refractivity contribution is 0.661. The van der Waals surface area contributed by atoms with Gasteiger partial charge in [0.05, 0.1) is 11.0 Å². The molecule has 2 aliphatic rings. The molecule has 11 rings (SSSR count). The summed E-state index contributed by atoms with van der Waals surface area (Å²) in [6.45, 7) is 4.77. The quantitative estimate of drug-likeness (QED) is 0.165. The van der Waals surface area contributed by atoms with Gasteiger partial charge in [0.1, 0.15) is 0 Å². The molecule has 1 heteroatoms. The number of aromatic nitrogens is 1. The summed E-state index contributed by atoms with van der Waals surface area (Å²) >= 11 is 0. The van der Waals surface area contributed by atoms with E-state index in [1.54, 1.807) is 0 Å². The molecule has 2 aliphatic carbocycles. The molecule has 0 fully saturated rings. The molecule has 8 aromatic carbocycles. The van der Waals surface area contributed by atoms with E-state index >= 15 is 0 Å². The van der Waals surface area contributed by atoms with Crippen LogP contribution in [0.4, 0.5) is 0 Å². The zero-order valence-electron chi connectivity index (χ0n) is 29.2. The number of fused-ring (bicyclic) bond motifs is 16. The number of hydrogen-bond acceptors (Lipinski definition) is 0. The molecule has 0 radical (unpaired) electrons. The van der Waals surface area contributed by atoms with Crippen LogP contribution in [0.3, 0.4) is 0 Å².